The van der Waals surface area contributed by atoms with Gasteiger partial charge in [-0.3, -0.25) is 4.98 Å². The minimum Gasteiger partial charge on any atom is -0.326 e. The topological polar surface area (TPSA) is 98.0 Å². The fourth-order valence-electron chi connectivity index (χ4n) is 1.62. The minimum absolute atomic E-state index is 0.00396. The number of hydrogen-bond acceptors (Lipinski definition) is 5. The summed E-state index contributed by atoms with van der Waals surface area (Å²) < 4.78 is 26.5. The average Bonchev–Trinajstić information content (AvgIpc) is 2.48. The molecular weight excluding hydrogens is 276 g/mol. The van der Waals surface area contributed by atoms with Crippen LogP contribution in [0.1, 0.15) is 11.3 Å². The Balaban J connectivity index is 1.96. The van der Waals surface area contributed by atoms with E-state index in [1.165, 1.54) is 12.3 Å². The monoisotopic (exact) mass is 292 g/mol. The first-order chi connectivity index (χ1) is 9.62. The second kappa shape index (κ2) is 6.56. The van der Waals surface area contributed by atoms with Crippen molar-refractivity contribution < 1.29 is 8.42 Å². The van der Waals surface area contributed by atoms with Crippen LogP contribution in [-0.4, -0.2) is 24.9 Å². The zero-order valence-electron chi connectivity index (χ0n) is 10.9. The van der Waals surface area contributed by atoms with Crippen LogP contribution in [0.4, 0.5) is 0 Å². The van der Waals surface area contributed by atoms with Gasteiger partial charge in [0.15, 0.2) is 5.03 Å². The number of rotatable bonds is 6. The van der Waals surface area contributed by atoms with E-state index in [2.05, 4.69) is 14.7 Å². The molecule has 0 radical (unpaired) electrons. The third-order valence-corrected chi connectivity index (χ3v) is 4.08. The highest BCUT2D eigenvalue weighted by Gasteiger charge is 2.14. The van der Waals surface area contributed by atoms with E-state index >= 15 is 0 Å². The highest BCUT2D eigenvalue weighted by atomic mass is 32.2. The van der Waals surface area contributed by atoms with E-state index in [4.69, 9.17) is 5.73 Å². The van der Waals surface area contributed by atoms with Gasteiger partial charge in [-0.1, -0.05) is 12.1 Å². The van der Waals surface area contributed by atoms with Gasteiger partial charge < -0.3 is 5.73 Å². The fraction of sp³-hybridized carbons (Fsp3) is 0.231. The van der Waals surface area contributed by atoms with Gasteiger partial charge in [-0.2, -0.15) is 0 Å². The zero-order valence-corrected chi connectivity index (χ0v) is 11.7. The number of sulfonamides is 1. The largest absolute Gasteiger partial charge is 0.326 e. The van der Waals surface area contributed by atoms with Crippen molar-refractivity contribution in [2.45, 2.75) is 18.0 Å². The van der Waals surface area contributed by atoms with Crippen molar-refractivity contribution in [1.29, 1.82) is 0 Å². The Morgan fingerprint density at radius 1 is 1.15 bits per heavy atom. The van der Waals surface area contributed by atoms with E-state index in [-0.39, 0.29) is 11.6 Å². The first-order valence-corrected chi connectivity index (χ1v) is 7.65. The normalized spacial score (nSPS) is 11.4. The molecule has 0 aliphatic carbocycles. The molecule has 6 nitrogen and oxygen atoms in total. The molecule has 0 atom stereocenters. The number of aromatic nitrogens is 2. The summed E-state index contributed by atoms with van der Waals surface area (Å²) in [6.07, 6.45) is 3.67. The van der Waals surface area contributed by atoms with Gasteiger partial charge in [0, 0.05) is 37.6 Å². The summed E-state index contributed by atoms with van der Waals surface area (Å²) in [4.78, 5) is 8.03. The van der Waals surface area contributed by atoms with Crippen LogP contribution in [0.15, 0.2) is 47.8 Å². The predicted octanol–water partition coefficient (Wildman–Crippen LogP) is 0.456. The summed E-state index contributed by atoms with van der Waals surface area (Å²) in [6.45, 7) is 0.611. The Hall–Kier alpha value is -1.83. The van der Waals surface area contributed by atoms with Crippen molar-refractivity contribution >= 4 is 10.0 Å². The second-order valence-corrected chi connectivity index (χ2v) is 5.89. The first kappa shape index (κ1) is 14.6. The number of nitrogens with two attached hydrogens (primary N) is 1. The molecule has 0 bridgehead atoms. The van der Waals surface area contributed by atoms with Crippen molar-refractivity contribution in [3.8, 4) is 0 Å². The van der Waals surface area contributed by atoms with Gasteiger partial charge in [-0.15, -0.1) is 0 Å². The highest BCUT2D eigenvalue weighted by Crippen LogP contribution is 2.06. The molecule has 0 unspecified atom stereocenters. The molecule has 0 spiro atoms. The van der Waals surface area contributed by atoms with Gasteiger partial charge in [0.1, 0.15) is 0 Å². The van der Waals surface area contributed by atoms with Crippen LogP contribution in [0.25, 0.3) is 0 Å². The van der Waals surface area contributed by atoms with Crippen molar-refractivity contribution in [2.24, 2.45) is 5.73 Å². The molecule has 0 aliphatic rings. The Morgan fingerprint density at radius 3 is 2.60 bits per heavy atom. The van der Waals surface area contributed by atoms with E-state index in [1.54, 1.807) is 12.3 Å². The zero-order chi connectivity index (χ0) is 14.4. The molecule has 0 aromatic carbocycles. The molecule has 0 aliphatic heterocycles. The van der Waals surface area contributed by atoms with Gasteiger partial charge in [-0.25, -0.2) is 18.1 Å². The summed E-state index contributed by atoms with van der Waals surface area (Å²) in [7, 11) is -3.59. The van der Waals surface area contributed by atoms with E-state index < -0.39 is 10.0 Å². The quantitative estimate of drug-likeness (QED) is 0.806. The lowest BCUT2D eigenvalue weighted by Crippen LogP contribution is -2.27. The molecule has 0 saturated carbocycles. The molecule has 7 heteroatoms. The van der Waals surface area contributed by atoms with E-state index in [1.807, 2.05) is 18.2 Å². The van der Waals surface area contributed by atoms with Crippen LogP contribution in [-0.2, 0) is 23.0 Å². The van der Waals surface area contributed by atoms with Crippen LogP contribution in [0.5, 0.6) is 0 Å². The molecule has 0 fully saturated rings. The lowest BCUT2D eigenvalue weighted by molar-refractivity contribution is 0.577. The van der Waals surface area contributed by atoms with E-state index in [0.29, 0.717) is 13.0 Å². The molecule has 106 valence electrons. The third kappa shape index (κ3) is 3.83. The number of nitrogens with zero attached hydrogens (tertiary/aromatic N) is 2. The maximum Gasteiger partial charge on any atom is 0.258 e. The summed E-state index contributed by atoms with van der Waals surface area (Å²) >= 11 is 0. The molecule has 20 heavy (non-hydrogen) atoms. The molecule has 0 amide bonds. The van der Waals surface area contributed by atoms with Crippen molar-refractivity contribution in [3.05, 3.63) is 54.0 Å². The van der Waals surface area contributed by atoms with Gasteiger partial charge in [-0.05, 0) is 23.8 Å². The van der Waals surface area contributed by atoms with Gasteiger partial charge >= 0.3 is 0 Å². The summed E-state index contributed by atoms with van der Waals surface area (Å²) in [5.74, 6) is 0. The molecule has 2 rings (SSSR count). The van der Waals surface area contributed by atoms with E-state index in [9.17, 15) is 8.42 Å². The molecule has 3 N–H and O–H groups in total. The van der Waals surface area contributed by atoms with Crippen molar-refractivity contribution in [2.75, 3.05) is 6.54 Å². The smallest absolute Gasteiger partial charge is 0.258 e. The van der Waals surface area contributed by atoms with Crippen molar-refractivity contribution in [3.63, 3.8) is 0 Å². The van der Waals surface area contributed by atoms with Gasteiger partial charge in [0.25, 0.3) is 10.0 Å². The average molecular weight is 292 g/mol. The first-order valence-electron chi connectivity index (χ1n) is 6.16. The fourth-order valence-corrected chi connectivity index (χ4v) is 2.58. The van der Waals surface area contributed by atoms with Crippen LogP contribution < -0.4 is 10.5 Å². The van der Waals surface area contributed by atoms with Crippen LogP contribution in [0.3, 0.4) is 0 Å². The van der Waals surface area contributed by atoms with Crippen LogP contribution in [0.2, 0.25) is 0 Å². The van der Waals surface area contributed by atoms with Crippen molar-refractivity contribution in [1.82, 2.24) is 14.7 Å². The lowest BCUT2D eigenvalue weighted by Gasteiger charge is -2.06. The second-order valence-electron chi connectivity index (χ2n) is 4.18. The summed E-state index contributed by atoms with van der Waals surface area (Å²) in [5.41, 5.74) is 7.07. The summed E-state index contributed by atoms with van der Waals surface area (Å²) in [6, 6.07) is 8.63. The lowest BCUT2D eigenvalue weighted by atomic mass is 10.3. The Labute approximate surface area is 118 Å². The Morgan fingerprint density at radius 2 is 2.00 bits per heavy atom. The Bertz CT molecular complexity index is 642. The third-order valence-electron chi connectivity index (χ3n) is 2.71. The molecule has 2 aromatic heterocycles. The maximum absolute atomic E-state index is 12.0. The molecular formula is C13H16N4O2S. The molecule has 2 heterocycles. The van der Waals surface area contributed by atoms with Gasteiger partial charge in [0.2, 0.25) is 0 Å². The number of pyridine rings is 2. The van der Waals surface area contributed by atoms with Gasteiger partial charge in [0.05, 0.1) is 0 Å². The standard InChI is InChI=1S/C13H16N4O2S/c14-9-11-4-5-13(16-10-11)20(18,19)17-8-6-12-3-1-2-7-15-12/h1-5,7,10,17H,6,8-9,14H2. The van der Waals surface area contributed by atoms with Crippen LogP contribution in [0, 0.1) is 0 Å². The van der Waals surface area contributed by atoms with E-state index in [0.717, 1.165) is 11.3 Å². The molecule has 0 saturated heterocycles. The highest BCUT2D eigenvalue weighted by molar-refractivity contribution is 7.89. The number of nitrogens with one attached hydrogen (secondary N) is 1. The Kier molecular flexibility index (Phi) is 4.78. The SMILES string of the molecule is NCc1ccc(S(=O)(=O)NCCc2ccccn2)nc1. The number of hydrogen-bond donors (Lipinski definition) is 2. The predicted molar refractivity (Wildman–Crippen MR) is 75.3 cm³/mol. The summed E-state index contributed by atoms with van der Waals surface area (Å²) in [5, 5.41) is -0.00396. The maximum atomic E-state index is 12.0. The minimum atomic E-state index is -3.59. The van der Waals surface area contributed by atoms with Crippen LogP contribution >= 0.6 is 0 Å². The molecule has 2 aromatic rings.